The van der Waals surface area contributed by atoms with Gasteiger partial charge >= 0.3 is 0 Å². The Hall–Kier alpha value is -1.72. The monoisotopic (exact) mass is 1040 g/mol. The van der Waals surface area contributed by atoms with Crippen LogP contribution in [-0.2, 0) is 63.2 Å². The summed E-state index contributed by atoms with van der Waals surface area (Å²) >= 11 is 0. The predicted octanol–water partition coefficient (Wildman–Crippen LogP) is 9.07. The van der Waals surface area contributed by atoms with Crippen molar-refractivity contribution < 1.29 is 72.8 Å². The van der Waals surface area contributed by atoms with Crippen LogP contribution in [0.15, 0.2) is 121 Å². The molecule has 4 rings (SSSR count). The summed E-state index contributed by atoms with van der Waals surface area (Å²) in [4.78, 5) is 23.7. The Morgan fingerprint density at radius 2 is 0.675 bits per heavy atom. The van der Waals surface area contributed by atoms with Gasteiger partial charge < -0.3 is 13.8 Å². The van der Waals surface area contributed by atoms with E-state index in [0.29, 0.717) is 0 Å². The van der Waals surface area contributed by atoms with Crippen LogP contribution >= 0.6 is 0 Å². The number of carbonyl (C=O) groups is 2. The Bertz CT molecular complexity index is 1000. The van der Waals surface area contributed by atoms with Gasteiger partial charge in [0.2, 0.25) is 0 Å². The molecule has 0 fully saturated rings. The summed E-state index contributed by atoms with van der Waals surface area (Å²) in [5.41, 5.74) is 3.04. The van der Waals surface area contributed by atoms with E-state index in [1.54, 1.807) is 0 Å². The molecule has 2 nitrogen and oxygen atoms in total. The van der Waals surface area contributed by atoms with Crippen LogP contribution in [0.2, 0.25) is 0 Å². The van der Waals surface area contributed by atoms with Gasteiger partial charge in [-0.25, -0.2) is 0 Å². The van der Waals surface area contributed by atoms with Crippen LogP contribution in [-0.4, -0.2) is 11.6 Å². The molecule has 0 aliphatic rings. The fraction of sp³-hybridized carbons (Fsp3) is 0.200. The standard InChI is InChI=1S/2C13H10O.C9H18.3W/c2*14-13(11-7-3-1-4-8-11)12-9-5-2-6-10-12;1-5-7-9(3,4)8-6-2;;;/h2*1-10H;3-8H2,1-2H3;;;/q;;-2;;;. The Morgan fingerprint density at radius 3 is 0.850 bits per heavy atom. The molecule has 4 aromatic rings. The van der Waals surface area contributed by atoms with Crippen molar-refractivity contribution in [3.8, 4) is 0 Å². The molecule has 0 aliphatic heterocycles. The minimum atomic E-state index is 0. The van der Waals surface area contributed by atoms with Gasteiger partial charge in [-0.15, -0.1) is 12.8 Å². The summed E-state index contributed by atoms with van der Waals surface area (Å²) in [5.74, 6) is 0.150. The van der Waals surface area contributed by atoms with Crippen molar-refractivity contribution in [1.29, 1.82) is 0 Å². The summed E-state index contributed by atoms with van der Waals surface area (Å²) in [5, 5.41) is 0. The average Bonchev–Trinajstić information content (AvgIpc) is 2.95. The molecule has 0 atom stereocenters. The van der Waals surface area contributed by atoms with E-state index in [2.05, 4.69) is 27.7 Å². The van der Waals surface area contributed by atoms with Crippen LogP contribution in [0.25, 0.3) is 0 Å². The van der Waals surface area contributed by atoms with Crippen LogP contribution in [0.4, 0.5) is 0 Å². The molecule has 0 bridgehead atoms. The molecule has 40 heavy (non-hydrogen) atoms. The fourth-order valence-electron chi connectivity index (χ4n) is 3.88. The van der Waals surface area contributed by atoms with Crippen molar-refractivity contribution in [2.45, 2.75) is 39.5 Å². The van der Waals surface area contributed by atoms with Crippen molar-refractivity contribution in [3.05, 3.63) is 157 Å². The number of hydrogen-bond acceptors (Lipinski definition) is 2. The number of hydrogen-bond donors (Lipinski definition) is 0. The van der Waals surface area contributed by atoms with Crippen molar-refractivity contribution in [2.24, 2.45) is 5.41 Å². The molecule has 0 aromatic heterocycles. The normalized spacial score (nSPS) is 9.50. The van der Waals surface area contributed by atoms with Gasteiger partial charge in [-0.3, -0.25) is 15.0 Å². The van der Waals surface area contributed by atoms with Crippen LogP contribution in [0, 0.1) is 19.3 Å². The third-order valence-electron chi connectivity index (χ3n) is 5.70. The van der Waals surface area contributed by atoms with Crippen molar-refractivity contribution in [1.82, 2.24) is 0 Å². The van der Waals surface area contributed by atoms with Gasteiger partial charge in [0.25, 0.3) is 0 Å². The second-order valence-corrected chi connectivity index (χ2v) is 9.12. The van der Waals surface area contributed by atoms with Gasteiger partial charge in [-0.1, -0.05) is 148 Å². The zero-order valence-electron chi connectivity index (χ0n) is 23.3. The molecule has 0 amide bonds. The topological polar surface area (TPSA) is 34.1 Å². The van der Waals surface area contributed by atoms with Gasteiger partial charge in [0.05, 0.1) is 0 Å². The largest absolute Gasteiger partial charge is 0.367 e. The van der Waals surface area contributed by atoms with E-state index in [1.165, 1.54) is 12.8 Å². The summed E-state index contributed by atoms with van der Waals surface area (Å²) in [6.45, 7) is 12.4. The predicted molar refractivity (Wildman–Crippen MR) is 156 cm³/mol. The van der Waals surface area contributed by atoms with E-state index in [1.807, 2.05) is 121 Å². The van der Waals surface area contributed by atoms with Crippen LogP contribution in [0.1, 0.15) is 71.4 Å². The molecule has 0 saturated heterocycles. The molecule has 0 aliphatic carbocycles. The van der Waals surface area contributed by atoms with E-state index in [-0.39, 0.29) is 80.2 Å². The van der Waals surface area contributed by atoms with Gasteiger partial charge in [0, 0.05) is 85.4 Å². The average molecular weight is 1040 g/mol. The van der Waals surface area contributed by atoms with Crippen molar-refractivity contribution in [3.63, 3.8) is 0 Å². The maximum Gasteiger partial charge on any atom is 0.193 e. The summed E-state index contributed by atoms with van der Waals surface area (Å²) in [6.07, 6.45) is 4.71. The summed E-state index contributed by atoms with van der Waals surface area (Å²) in [7, 11) is 0. The van der Waals surface area contributed by atoms with E-state index >= 15 is 0 Å². The van der Waals surface area contributed by atoms with Crippen LogP contribution in [0.3, 0.4) is 0 Å². The molecule has 0 spiro atoms. The van der Waals surface area contributed by atoms with E-state index < -0.39 is 0 Å². The van der Waals surface area contributed by atoms with Crippen LogP contribution in [0.5, 0.6) is 0 Å². The molecule has 0 N–H and O–H groups in total. The van der Waals surface area contributed by atoms with Gasteiger partial charge in [0.1, 0.15) is 0 Å². The van der Waals surface area contributed by atoms with E-state index in [0.717, 1.165) is 35.1 Å². The maximum atomic E-state index is 11.8. The second kappa shape index (κ2) is 22.9. The SMILES string of the molecule is O=C(c1ccccc1)c1ccccc1.O=C(c1ccccc1)c1ccccc1.[CH2-]C([CH2-])(CCC)CCC.[W].[W].[W]. The quantitative estimate of drug-likeness (QED) is 0.131. The molecule has 0 saturated carbocycles. The Labute approximate surface area is 284 Å². The molecule has 210 valence electrons. The van der Waals surface area contributed by atoms with Gasteiger partial charge in [-0.05, 0) is 0 Å². The summed E-state index contributed by atoms with van der Waals surface area (Å²) < 4.78 is 0. The molecular weight excluding hydrogens is 1000 g/mol. The molecule has 5 heteroatoms. The zero-order valence-corrected chi connectivity index (χ0v) is 32.1. The fourth-order valence-corrected chi connectivity index (χ4v) is 3.88. The number of ketones is 2. The Morgan fingerprint density at radius 1 is 0.475 bits per heavy atom. The maximum absolute atomic E-state index is 11.8. The minimum absolute atomic E-state index is 0. The number of carbonyl (C=O) groups excluding carboxylic acids is 2. The number of benzene rings is 4. The first-order chi connectivity index (χ1) is 17.9. The van der Waals surface area contributed by atoms with Crippen LogP contribution < -0.4 is 0 Å². The molecular formula is C35H38O2W3-2. The molecule has 0 unspecified atom stereocenters. The zero-order chi connectivity index (χ0) is 26.9. The first-order valence-corrected chi connectivity index (χ1v) is 12.9. The number of rotatable bonds is 8. The summed E-state index contributed by atoms with van der Waals surface area (Å²) in [6, 6.07) is 37.2. The van der Waals surface area contributed by atoms with Gasteiger partial charge in [0.15, 0.2) is 11.6 Å². The van der Waals surface area contributed by atoms with E-state index in [9.17, 15) is 9.59 Å². The first-order valence-electron chi connectivity index (χ1n) is 12.9. The first kappa shape index (κ1) is 40.4. The molecule has 0 heterocycles. The second-order valence-electron chi connectivity index (χ2n) is 9.12. The minimum Gasteiger partial charge on any atom is -0.367 e. The Balaban J connectivity index is 0. The third kappa shape index (κ3) is 15.3. The van der Waals surface area contributed by atoms with E-state index in [4.69, 9.17) is 0 Å². The Kier molecular flexibility index (Phi) is 23.2. The third-order valence-corrected chi connectivity index (χ3v) is 5.70. The molecule has 0 radical (unpaired) electrons. The molecule has 4 aromatic carbocycles. The van der Waals surface area contributed by atoms with Crippen molar-refractivity contribution in [2.75, 3.05) is 0 Å². The van der Waals surface area contributed by atoms with Gasteiger partial charge in [-0.2, -0.15) is 0 Å². The van der Waals surface area contributed by atoms with Crippen molar-refractivity contribution >= 4 is 11.6 Å². The smallest absolute Gasteiger partial charge is 0.193 e.